The summed E-state index contributed by atoms with van der Waals surface area (Å²) in [5.74, 6) is 0.454. The molecule has 8 nitrogen and oxygen atoms in total. The van der Waals surface area contributed by atoms with Crippen molar-refractivity contribution in [3.63, 3.8) is 0 Å². The normalized spacial score (nSPS) is 15.0. The van der Waals surface area contributed by atoms with Crippen LogP contribution in [0, 0.1) is 17.1 Å². The zero-order valence-electron chi connectivity index (χ0n) is 17.5. The highest BCUT2D eigenvalue weighted by Crippen LogP contribution is 2.44. The molecule has 0 fully saturated rings. The van der Waals surface area contributed by atoms with Crippen LogP contribution in [0.25, 0.3) is 0 Å². The monoisotopic (exact) mass is 436 g/mol. The van der Waals surface area contributed by atoms with Crippen LogP contribution in [0.4, 0.5) is 4.39 Å². The van der Waals surface area contributed by atoms with Crippen molar-refractivity contribution in [1.82, 2.24) is 10.2 Å². The van der Waals surface area contributed by atoms with Gasteiger partial charge in [-0.05, 0) is 35.4 Å². The number of nitrogens with zero attached hydrogens (tertiary/aromatic N) is 2. The maximum atomic E-state index is 13.1. The number of nitrogens with one attached hydrogen (secondary N) is 1. The van der Waals surface area contributed by atoms with Crippen LogP contribution in [0.3, 0.4) is 0 Å². The van der Waals surface area contributed by atoms with E-state index in [9.17, 15) is 9.65 Å². The molecule has 1 unspecified atom stereocenters. The molecular formula is C23H21FN4O4. The quantitative estimate of drug-likeness (QED) is 0.582. The minimum absolute atomic E-state index is 0.00364. The number of aromatic nitrogens is 2. The molecule has 0 amide bonds. The van der Waals surface area contributed by atoms with E-state index in [-0.39, 0.29) is 30.5 Å². The summed E-state index contributed by atoms with van der Waals surface area (Å²) in [6.45, 7) is 0.504. The van der Waals surface area contributed by atoms with Crippen molar-refractivity contribution in [2.45, 2.75) is 19.1 Å². The van der Waals surface area contributed by atoms with Crippen molar-refractivity contribution in [1.29, 1.82) is 5.26 Å². The summed E-state index contributed by atoms with van der Waals surface area (Å²) < 4.78 is 35.3. The highest BCUT2D eigenvalue weighted by Gasteiger charge is 2.35. The van der Waals surface area contributed by atoms with Crippen LogP contribution in [0.2, 0.25) is 0 Å². The Morgan fingerprint density at radius 3 is 2.62 bits per heavy atom. The van der Waals surface area contributed by atoms with Crippen molar-refractivity contribution in [3.05, 3.63) is 82.1 Å². The molecule has 32 heavy (non-hydrogen) atoms. The average molecular weight is 436 g/mol. The maximum absolute atomic E-state index is 13.1. The number of nitrogens with two attached hydrogens (primary N) is 1. The minimum atomic E-state index is -0.521. The number of halogens is 1. The Balaban J connectivity index is 1.69. The van der Waals surface area contributed by atoms with E-state index >= 15 is 0 Å². The predicted octanol–water partition coefficient (Wildman–Crippen LogP) is 3.50. The first-order chi connectivity index (χ1) is 15.5. The van der Waals surface area contributed by atoms with Gasteiger partial charge in [0.2, 0.25) is 11.8 Å². The highest BCUT2D eigenvalue weighted by atomic mass is 19.1. The molecule has 2 heterocycles. The molecule has 1 atom stereocenters. The molecule has 0 bridgehead atoms. The predicted molar refractivity (Wildman–Crippen MR) is 112 cm³/mol. The van der Waals surface area contributed by atoms with Crippen LogP contribution >= 0.6 is 0 Å². The van der Waals surface area contributed by atoms with Gasteiger partial charge in [-0.25, -0.2) is 4.39 Å². The number of hydrogen-bond acceptors (Lipinski definition) is 7. The van der Waals surface area contributed by atoms with Crippen molar-refractivity contribution in [3.8, 4) is 23.4 Å². The Morgan fingerprint density at radius 1 is 1.16 bits per heavy atom. The lowest BCUT2D eigenvalue weighted by molar-refractivity contribution is 0.180. The third-order valence-electron chi connectivity index (χ3n) is 5.14. The van der Waals surface area contributed by atoms with E-state index in [1.807, 2.05) is 6.07 Å². The van der Waals surface area contributed by atoms with Gasteiger partial charge >= 0.3 is 0 Å². The number of fused-ring (bicyclic) bond motifs is 1. The van der Waals surface area contributed by atoms with E-state index in [2.05, 4.69) is 16.3 Å². The number of nitriles is 1. The summed E-state index contributed by atoms with van der Waals surface area (Å²) in [6, 6.07) is 13.6. The van der Waals surface area contributed by atoms with E-state index in [1.165, 1.54) is 19.2 Å². The third kappa shape index (κ3) is 3.96. The Bertz CT molecular complexity index is 1200. The van der Waals surface area contributed by atoms with Gasteiger partial charge in [0, 0.05) is 7.11 Å². The van der Waals surface area contributed by atoms with E-state index < -0.39 is 5.92 Å². The first-order valence-electron chi connectivity index (χ1n) is 9.74. The minimum Gasteiger partial charge on any atom is -0.493 e. The Labute approximate surface area is 184 Å². The summed E-state index contributed by atoms with van der Waals surface area (Å²) in [4.78, 5) is 0. The van der Waals surface area contributed by atoms with Gasteiger partial charge in [-0.1, -0.05) is 18.2 Å². The molecule has 0 saturated heterocycles. The van der Waals surface area contributed by atoms with E-state index in [1.54, 1.807) is 31.4 Å². The summed E-state index contributed by atoms with van der Waals surface area (Å²) in [5.41, 5.74) is 9.20. The Morgan fingerprint density at radius 2 is 1.94 bits per heavy atom. The lowest BCUT2D eigenvalue weighted by atomic mass is 9.84. The fraction of sp³-hybridized carbons (Fsp3) is 0.217. The molecule has 3 aromatic rings. The zero-order valence-corrected chi connectivity index (χ0v) is 17.5. The molecule has 0 aliphatic carbocycles. The molecule has 3 N–H and O–H groups in total. The van der Waals surface area contributed by atoms with Gasteiger partial charge in [-0.15, -0.1) is 5.10 Å². The molecule has 0 saturated carbocycles. The topological polar surface area (TPSA) is 115 Å². The number of allylic oxidation sites excluding steroid dienone is 1. The number of methoxy groups -OCH3 is 2. The van der Waals surface area contributed by atoms with Gasteiger partial charge < -0.3 is 24.7 Å². The third-order valence-corrected chi connectivity index (χ3v) is 5.14. The number of benzene rings is 2. The zero-order chi connectivity index (χ0) is 22.7. The molecule has 0 spiro atoms. The summed E-state index contributed by atoms with van der Waals surface area (Å²) in [5, 5.41) is 16.8. The van der Waals surface area contributed by atoms with Gasteiger partial charge in [-0.2, -0.15) is 5.26 Å². The molecule has 2 aromatic carbocycles. The summed E-state index contributed by atoms with van der Waals surface area (Å²) >= 11 is 0. The standard InChI is InChI=1S/C23H21FN4O4/c1-29-12-17-21-20(16(10-25)22(26)32-23(21)28-27-17)14-5-8-18(19(9-14)30-2)31-11-13-3-6-15(24)7-4-13/h3-9,20H,11-12,26H2,1-2H3,(H,27,28). The number of rotatable bonds is 7. The first-order valence-corrected chi connectivity index (χ1v) is 9.74. The van der Waals surface area contributed by atoms with E-state index in [4.69, 9.17) is 24.7 Å². The lowest BCUT2D eigenvalue weighted by Gasteiger charge is -2.24. The average Bonchev–Trinajstić information content (AvgIpc) is 3.20. The molecular weight excluding hydrogens is 415 g/mol. The molecule has 0 radical (unpaired) electrons. The fourth-order valence-corrected chi connectivity index (χ4v) is 3.62. The second-order valence-electron chi connectivity index (χ2n) is 7.10. The van der Waals surface area contributed by atoms with Crippen molar-refractivity contribution in [2.24, 2.45) is 5.73 Å². The van der Waals surface area contributed by atoms with Gasteiger partial charge in [0.15, 0.2) is 11.5 Å². The molecule has 1 aromatic heterocycles. The van der Waals surface area contributed by atoms with Gasteiger partial charge in [0.25, 0.3) is 0 Å². The number of ether oxygens (including phenoxy) is 4. The second kappa shape index (κ2) is 8.99. The SMILES string of the molecule is COCc1[nH]nc2c1C(c1ccc(OCc3ccc(F)cc3)c(OC)c1)C(C#N)=C(N)O2. The van der Waals surface area contributed by atoms with Gasteiger partial charge in [0.1, 0.15) is 24.1 Å². The molecule has 1 aliphatic heterocycles. The molecule has 4 rings (SSSR count). The van der Waals surface area contributed by atoms with Crippen LogP contribution in [0.5, 0.6) is 17.4 Å². The smallest absolute Gasteiger partial charge is 0.244 e. The summed E-state index contributed by atoms with van der Waals surface area (Å²) in [7, 11) is 3.10. The van der Waals surface area contributed by atoms with Crippen LogP contribution in [-0.4, -0.2) is 24.4 Å². The van der Waals surface area contributed by atoms with Gasteiger partial charge in [0.05, 0.1) is 30.9 Å². The van der Waals surface area contributed by atoms with E-state index in [0.29, 0.717) is 28.6 Å². The maximum Gasteiger partial charge on any atom is 0.244 e. The largest absolute Gasteiger partial charge is 0.493 e. The lowest BCUT2D eigenvalue weighted by Crippen LogP contribution is -2.21. The Kier molecular flexibility index (Phi) is 5.96. The fourth-order valence-electron chi connectivity index (χ4n) is 3.62. The number of H-pyrrole nitrogens is 1. The molecule has 1 aliphatic rings. The van der Waals surface area contributed by atoms with Crippen LogP contribution < -0.4 is 19.9 Å². The van der Waals surface area contributed by atoms with E-state index in [0.717, 1.165) is 11.1 Å². The first kappa shape index (κ1) is 21.2. The van der Waals surface area contributed by atoms with Crippen molar-refractivity contribution >= 4 is 0 Å². The van der Waals surface area contributed by atoms with Crippen LogP contribution in [0.15, 0.2) is 53.9 Å². The van der Waals surface area contributed by atoms with Gasteiger partial charge in [-0.3, -0.25) is 5.10 Å². The second-order valence-corrected chi connectivity index (χ2v) is 7.10. The molecule has 164 valence electrons. The number of hydrogen-bond donors (Lipinski definition) is 2. The molecule has 9 heteroatoms. The highest BCUT2D eigenvalue weighted by molar-refractivity contribution is 5.57. The Hall–Kier alpha value is -4.03. The van der Waals surface area contributed by atoms with Crippen molar-refractivity contribution < 1.29 is 23.3 Å². The summed E-state index contributed by atoms with van der Waals surface area (Å²) in [6.07, 6.45) is 0. The van der Waals surface area contributed by atoms with Crippen LogP contribution in [0.1, 0.15) is 28.3 Å². The van der Waals surface area contributed by atoms with Crippen molar-refractivity contribution in [2.75, 3.05) is 14.2 Å². The van der Waals surface area contributed by atoms with Crippen LogP contribution in [-0.2, 0) is 18.0 Å². The number of aromatic amines is 1.